The Morgan fingerprint density at radius 1 is 1.08 bits per heavy atom. The van der Waals surface area contributed by atoms with Crippen LogP contribution in [-0.4, -0.2) is 9.97 Å². The van der Waals surface area contributed by atoms with Gasteiger partial charge in [-0.05, 0) is 24.3 Å². The fourth-order valence-electron chi connectivity index (χ4n) is 2.11. The van der Waals surface area contributed by atoms with Gasteiger partial charge in [-0.3, -0.25) is 4.98 Å². The van der Waals surface area contributed by atoms with Crippen molar-refractivity contribution in [1.82, 2.24) is 9.97 Å². The van der Waals surface area contributed by atoms with Crippen molar-refractivity contribution in [2.45, 2.75) is 6.61 Å². The van der Waals surface area contributed by atoms with Gasteiger partial charge in [-0.15, -0.1) is 0 Å². The van der Waals surface area contributed by atoms with Crippen molar-refractivity contribution in [2.24, 2.45) is 0 Å². The van der Waals surface area contributed by atoms with Crippen molar-refractivity contribution in [3.05, 3.63) is 71.1 Å². The van der Waals surface area contributed by atoms with E-state index in [1.807, 2.05) is 6.07 Å². The first-order valence-corrected chi connectivity index (χ1v) is 7.35. The SMILES string of the molecule is Nc1ncc(-c2cccnc2)cc1OCc1c(F)ccc(F)c1Cl. The van der Waals surface area contributed by atoms with Crippen LogP contribution < -0.4 is 10.5 Å². The largest absolute Gasteiger partial charge is 0.485 e. The first-order valence-electron chi connectivity index (χ1n) is 6.97. The molecule has 2 heterocycles. The summed E-state index contributed by atoms with van der Waals surface area (Å²) in [6, 6.07) is 7.25. The lowest BCUT2D eigenvalue weighted by atomic mass is 10.1. The van der Waals surface area contributed by atoms with Crippen LogP contribution in [0.5, 0.6) is 5.75 Å². The Morgan fingerprint density at radius 2 is 1.88 bits per heavy atom. The van der Waals surface area contributed by atoms with Crippen molar-refractivity contribution in [1.29, 1.82) is 0 Å². The number of aromatic nitrogens is 2. The van der Waals surface area contributed by atoms with E-state index in [0.717, 1.165) is 23.3 Å². The van der Waals surface area contributed by atoms with E-state index in [1.54, 1.807) is 30.7 Å². The quantitative estimate of drug-likeness (QED) is 0.717. The molecule has 7 heteroatoms. The highest BCUT2D eigenvalue weighted by Gasteiger charge is 2.14. The minimum atomic E-state index is -0.716. The van der Waals surface area contributed by atoms with Gasteiger partial charge in [0.25, 0.3) is 0 Å². The molecule has 0 amide bonds. The molecule has 0 spiro atoms. The molecular weight excluding hydrogens is 336 g/mol. The van der Waals surface area contributed by atoms with Gasteiger partial charge in [0.15, 0.2) is 11.6 Å². The molecule has 0 aliphatic heterocycles. The second-order valence-electron chi connectivity index (χ2n) is 4.96. The highest BCUT2D eigenvalue weighted by molar-refractivity contribution is 6.31. The van der Waals surface area contributed by atoms with Gasteiger partial charge >= 0.3 is 0 Å². The van der Waals surface area contributed by atoms with E-state index in [4.69, 9.17) is 22.1 Å². The molecule has 0 saturated carbocycles. The Hall–Kier alpha value is -2.73. The molecular formula is C17H12ClF2N3O. The molecule has 4 nitrogen and oxygen atoms in total. The Morgan fingerprint density at radius 3 is 2.62 bits per heavy atom. The standard InChI is InChI=1S/C17H12ClF2N3O/c18-16-12(13(19)3-4-14(16)20)9-24-15-6-11(8-23-17(15)21)10-2-1-5-22-7-10/h1-8H,9H2,(H2,21,23). The van der Waals surface area contributed by atoms with E-state index in [9.17, 15) is 8.78 Å². The Bertz CT molecular complexity index is 875. The number of halogens is 3. The van der Waals surface area contributed by atoms with Crippen molar-refractivity contribution >= 4 is 17.4 Å². The number of nitrogens with two attached hydrogens (primary N) is 1. The molecule has 0 fully saturated rings. The zero-order chi connectivity index (χ0) is 17.1. The van der Waals surface area contributed by atoms with E-state index in [-0.39, 0.29) is 28.8 Å². The average Bonchev–Trinajstić information content (AvgIpc) is 2.60. The zero-order valence-corrected chi connectivity index (χ0v) is 13.1. The summed E-state index contributed by atoms with van der Waals surface area (Å²) in [6.45, 7) is -0.273. The van der Waals surface area contributed by atoms with E-state index in [0.29, 0.717) is 0 Å². The third kappa shape index (κ3) is 3.28. The van der Waals surface area contributed by atoms with Crippen molar-refractivity contribution in [2.75, 3.05) is 5.73 Å². The molecule has 24 heavy (non-hydrogen) atoms. The van der Waals surface area contributed by atoms with Gasteiger partial charge in [-0.2, -0.15) is 0 Å². The number of rotatable bonds is 4. The normalized spacial score (nSPS) is 10.6. The fourth-order valence-corrected chi connectivity index (χ4v) is 2.32. The predicted molar refractivity (Wildman–Crippen MR) is 87.6 cm³/mol. The topological polar surface area (TPSA) is 61.0 Å². The number of benzene rings is 1. The number of hydrogen-bond donors (Lipinski definition) is 1. The lowest BCUT2D eigenvalue weighted by molar-refractivity contribution is 0.300. The molecule has 0 saturated heterocycles. The van der Waals surface area contributed by atoms with Gasteiger partial charge in [0.2, 0.25) is 0 Å². The summed E-state index contributed by atoms with van der Waals surface area (Å²) in [7, 11) is 0. The van der Waals surface area contributed by atoms with Crippen LogP contribution in [0.3, 0.4) is 0 Å². The highest BCUT2D eigenvalue weighted by Crippen LogP contribution is 2.29. The van der Waals surface area contributed by atoms with E-state index >= 15 is 0 Å². The summed E-state index contributed by atoms with van der Waals surface area (Å²) >= 11 is 5.78. The number of pyridine rings is 2. The third-order valence-electron chi connectivity index (χ3n) is 3.39. The number of nitrogens with zero attached hydrogens (tertiary/aromatic N) is 2. The maximum Gasteiger partial charge on any atom is 0.166 e. The summed E-state index contributed by atoms with van der Waals surface area (Å²) in [5, 5.41) is -0.315. The molecule has 2 aromatic heterocycles. The third-order valence-corrected chi connectivity index (χ3v) is 3.80. The lowest BCUT2D eigenvalue weighted by Gasteiger charge is -2.12. The fraction of sp³-hybridized carbons (Fsp3) is 0.0588. The summed E-state index contributed by atoms with van der Waals surface area (Å²) in [4.78, 5) is 8.09. The first kappa shape index (κ1) is 16.1. The molecule has 0 atom stereocenters. The molecule has 122 valence electrons. The number of nitrogen functional groups attached to an aromatic ring is 1. The van der Waals surface area contributed by atoms with Crippen LogP contribution in [0, 0.1) is 11.6 Å². The van der Waals surface area contributed by atoms with Crippen LogP contribution in [0.25, 0.3) is 11.1 Å². The van der Waals surface area contributed by atoms with Crippen molar-refractivity contribution in [3.8, 4) is 16.9 Å². The van der Waals surface area contributed by atoms with E-state index in [2.05, 4.69) is 9.97 Å². The second kappa shape index (κ2) is 6.80. The second-order valence-corrected chi connectivity index (χ2v) is 5.34. The summed E-state index contributed by atoms with van der Waals surface area (Å²) in [5.41, 5.74) is 7.26. The Kier molecular flexibility index (Phi) is 4.57. The lowest BCUT2D eigenvalue weighted by Crippen LogP contribution is -2.04. The maximum atomic E-state index is 13.8. The van der Waals surface area contributed by atoms with Gasteiger partial charge in [-0.25, -0.2) is 13.8 Å². The van der Waals surface area contributed by atoms with Crippen molar-refractivity contribution < 1.29 is 13.5 Å². The summed E-state index contributed by atoms with van der Waals surface area (Å²) < 4.78 is 32.7. The molecule has 0 aliphatic rings. The minimum Gasteiger partial charge on any atom is -0.485 e. The monoisotopic (exact) mass is 347 g/mol. The van der Waals surface area contributed by atoms with Gasteiger partial charge in [-0.1, -0.05) is 17.7 Å². The van der Waals surface area contributed by atoms with Crippen LogP contribution >= 0.6 is 11.6 Å². The molecule has 2 N–H and O–H groups in total. The molecule has 3 aromatic rings. The van der Waals surface area contributed by atoms with Gasteiger partial charge in [0.1, 0.15) is 18.2 Å². The zero-order valence-electron chi connectivity index (χ0n) is 12.3. The molecule has 0 radical (unpaired) electrons. The molecule has 1 aromatic carbocycles. The van der Waals surface area contributed by atoms with Crippen LogP contribution in [0.1, 0.15) is 5.56 Å². The van der Waals surface area contributed by atoms with E-state index < -0.39 is 11.6 Å². The maximum absolute atomic E-state index is 13.8. The Labute approximate surface area is 141 Å². The van der Waals surface area contributed by atoms with Gasteiger partial charge < -0.3 is 10.5 Å². The number of ether oxygens (including phenoxy) is 1. The van der Waals surface area contributed by atoms with Crippen molar-refractivity contribution in [3.63, 3.8) is 0 Å². The summed E-state index contributed by atoms with van der Waals surface area (Å²) in [5.74, 6) is -0.991. The molecule has 0 bridgehead atoms. The van der Waals surface area contributed by atoms with Crippen LogP contribution in [0.15, 0.2) is 48.9 Å². The van der Waals surface area contributed by atoms with Crippen LogP contribution in [0.4, 0.5) is 14.6 Å². The molecule has 0 unspecified atom stereocenters. The van der Waals surface area contributed by atoms with Gasteiger partial charge in [0.05, 0.1) is 5.02 Å². The van der Waals surface area contributed by atoms with Crippen LogP contribution in [0.2, 0.25) is 5.02 Å². The number of hydrogen-bond acceptors (Lipinski definition) is 4. The first-order chi connectivity index (χ1) is 11.6. The smallest absolute Gasteiger partial charge is 0.166 e. The number of anilines is 1. The molecule has 3 rings (SSSR count). The van der Waals surface area contributed by atoms with Gasteiger partial charge in [0, 0.05) is 35.3 Å². The summed E-state index contributed by atoms with van der Waals surface area (Å²) in [6.07, 6.45) is 4.90. The minimum absolute atomic E-state index is 0.0807. The Balaban J connectivity index is 1.87. The predicted octanol–water partition coefficient (Wildman–Crippen LogP) is 4.24. The van der Waals surface area contributed by atoms with E-state index in [1.165, 1.54) is 0 Å². The van der Waals surface area contributed by atoms with Crippen LogP contribution in [-0.2, 0) is 6.61 Å². The average molecular weight is 348 g/mol. The molecule has 0 aliphatic carbocycles. The highest BCUT2D eigenvalue weighted by atomic mass is 35.5.